The van der Waals surface area contributed by atoms with Gasteiger partial charge in [0.1, 0.15) is 4.88 Å². The number of hydrogen-bond donors (Lipinski definition) is 2. The molecule has 2 atom stereocenters. The summed E-state index contributed by atoms with van der Waals surface area (Å²) < 4.78 is 0. The van der Waals surface area contributed by atoms with E-state index in [2.05, 4.69) is 5.32 Å². The van der Waals surface area contributed by atoms with Gasteiger partial charge < -0.3 is 10.4 Å². The van der Waals surface area contributed by atoms with Crippen LogP contribution in [0.15, 0.2) is 11.4 Å². The second-order valence-corrected chi connectivity index (χ2v) is 5.35. The molecule has 1 aromatic heterocycles. The Morgan fingerprint density at radius 3 is 2.88 bits per heavy atom. The first-order valence-corrected chi connectivity index (χ1v) is 6.66. The molecule has 1 aliphatic rings. The molecule has 1 aliphatic carbocycles. The van der Waals surface area contributed by atoms with Crippen LogP contribution in [-0.2, 0) is 0 Å². The third-order valence-corrected chi connectivity index (χ3v) is 4.21. The summed E-state index contributed by atoms with van der Waals surface area (Å²) in [6, 6.07) is 1.58. The molecule has 0 aromatic carbocycles. The van der Waals surface area contributed by atoms with Crippen LogP contribution in [0.5, 0.6) is 0 Å². The lowest BCUT2D eigenvalue weighted by molar-refractivity contribution is 0.0720. The molecule has 5 heteroatoms. The van der Waals surface area contributed by atoms with Crippen molar-refractivity contribution < 1.29 is 9.90 Å². The first-order valence-electron chi connectivity index (χ1n) is 5.40. The van der Waals surface area contributed by atoms with Crippen LogP contribution in [0, 0.1) is 0 Å². The van der Waals surface area contributed by atoms with E-state index in [1.54, 1.807) is 11.4 Å². The first kappa shape index (κ1) is 11.9. The van der Waals surface area contributed by atoms with E-state index in [0.717, 1.165) is 25.7 Å². The van der Waals surface area contributed by atoms with Gasteiger partial charge in [0, 0.05) is 0 Å². The average molecular weight is 260 g/mol. The zero-order valence-electron chi connectivity index (χ0n) is 8.78. The van der Waals surface area contributed by atoms with Crippen molar-refractivity contribution in [1.82, 2.24) is 5.32 Å². The Hall–Kier alpha value is -0.580. The minimum absolute atomic E-state index is 0.126. The maximum absolute atomic E-state index is 11.8. The van der Waals surface area contributed by atoms with Gasteiger partial charge in [-0.3, -0.25) is 4.79 Å². The standard InChI is InChI=1S/C11H14ClNO2S/c12-7-5-6-16-10(7)11(15)13-8-3-1-2-4-9(8)14/h5-6,8-9,14H,1-4H2,(H,13,15). The molecule has 1 aromatic rings. The largest absolute Gasteiger partial charge is 0.391 e. The quantitative estimate of drug-likeness (QED) is 0.857. The van der Waals surface area contributed by atoms with Gasteiger partial charge >= 0.3 is 0 Å². The van der Waals surface area contributed by atoms with Gasteiger partial charge in [0.25, 0.3) is 5.91 Å². The van der Waals surface area contributed by atoms with Gasteiger partial charge in [0.2, 0.25) is 0 Å². The smallest absolute Gasteiger partial charge is 0.263 e. The number of thiophene rings is 1. The lowest BCUT2D eigenvalue weighted by atomic mass is 9.92. The molecule has 2 N–H and O–H groups in total. The Morgan fingerprint density at radius 1 is 1.50 bits per heavy atom. The van der Waals surface area contributed by atoms with Crippen LogP contribution in [0.2, 0.25) is 5.02 Å². The predicted octanol–water partition coefficient (Wildman–Crippen LogP) is 2.43. The second kappa shape index (κ2) is 5.17. The Morgan fingerprint density at radius 2 is 2.25 bits per heavy atom. The van der Waals surface area contributed by atoms with Gasteiger partial charge in [-0.1, -0.05) is 24.4 Å². The van der Waals surface area contributed by atoms with Crippen LogP contribution in [0.3, 0.4) is 0 Å². The highest BCUT2D eigenvalue weighted by Crippen LogP contribution is 2.23. The van der Waals surface area contributed by atoms with Crippen molar-refractivity contribution in [3.63, 3.8) is 0 Å². The fraction of sp³-hybridized carbons (Fsp3) is 0.545. The summed E-state index contributed by atoms with van der Waals surface area (Å²) in [5, 5.41) is 14.9. The van der Waals surface area contributed by atoms with Crippen LogP contribution in [0.1, 0.15) is 35.4 Å². The van der Waals surface area contributed by atoms with Crippen molar-refractivity contribution in [2.45, 2.75) is 37.8 Å². The maximum atomic E-state index is 11.8. The summed E-state index contributed by atoms with van der Waals surface area (Å²) in [5.74, 6) is -0.175. The molecule has 1 fully saturated rings. The van der Waals surface area contributed by atoms with Gasteiger partial charge in [-0.2, -0.15) is 0 Å². The lowest BCUT2D eigenvalue weighted by Crippen LogP contribution is -2.44. The maximum Gasteiger partial charge on any atom is 0.263 e. The van der Waals surface area contributed by atoms with Crippen molar-refractivity contribution in [3.8, 4) is 0 Å². The molecule has 0 radical (unpaired) electrons. The number of rotatable bonds is 2. The topological polar surface area (TPSA) is 49.3 Å². The third-order valence-electron chi connectivity index (χ3n) is 2.87. The summed E-state index contributed by atoms with van der Waals surface area (Å²) in [6.45, 7) is 0. The van der Waals surface area contributed by atoms with E-state index in [1.165, 1.54) is 11.3 Å². The van der Waals surface area contributed by atoms with Crippen molar-refractivity contribution in [1.29, 1.82) is 0 Å². The molecule has 16 heavy (non-hydrogen) atoms. The second-order valence-electron chi connectivity index (χ2n) is 4.03. The highest BCUT2D eigenvalue weighted by Gasteiger charge is 2.25. The van der Waals surface area contributed by atoms with Crippen LogP contribution < -0.4 is 5.32 Å². The summed E-state index contributed by atoms with van der Waals surface area (Å²) in [5.41, 5.74) is 0. The van der Waals surface area contributed by atoms with Crippen LogP contribution >= 0.6 is 22.9 Å². The Bertz CT molecular complexity index is 380. The monoisotopic (exact) mass is 259 g/mol. The Kier molecular flexibility index (Phi) is 3.84. The van der Waals surface area contributed by atoms with Gasteiger partial charge in [-0.05, 0) is 24.3 Å². The number of carbonyl (C=O) groups is 1. The van der Waals surface area contributed by atoms with Crippen molar-refractivity contribution in [3.05, 3.63) is 21.3 Å². The molecule has 0 spiro atoms. The number of nitrogens with one attached hydrogen (secondary N) is 1. The molecule has 1 amide bonds. The van der Waals surface area contributed by atoms with Gasteiger partial charge in [-0.15, -0.1) is 11.3 Å². The fourth-order valence-corrected chi connectivity index (χ4v) is 3.01. The van der Waals surface area contributed by atoms with E-state index in [4.69, 9.17) is 11.6 Å². The zero-order chi connectivity index (χ0) is 11.5. The molecule has 3 nitrogen and oxygen atoms in total. The third kappa shape index (κ3) is 2.56. The SMILES string of the molecule is O=C(NC1CCCCC1O)c1sccc1Cl. The fourth-order valence-electron chi connectivity index (χ4n) is 1.97. The molecule has 88 valence electrons. The molecule has 0 saturated heterocycles. The molecule has 0 bridgehead atoms. The lowest BCUT2D eigenvalue weighted by Gasteiger charge is -2.28. The summed E-state index contributed by atoms with van der Waals surface area (Å²) in [4.78, 5) is 12.4. The van der Waals surface area contributed by atoms with E-state index < -0.39 is 6.10 Å². The highest BCUT2D eigenvalue weighted by molar-refractivity contribution is 7.12. The zero-order valence-corrected chi connectivity index (χ0v) is 10.4. The normalized spacial score (nSPS) is 25.4. The summed E-state index contributed by atoms with van der Waals surface area (Å²) in [6.07, 6.45) is 3.28. The van der Waals surface area contributed by atoms with Crippen molar-refractivity contribution in [2.24, 2.45) is 0 Å². The van der Waals surface area contributed by atoms with Crippen molar-refractivity contribution >= 4 is 28.8 Å². The summed E-state index contributed by atoms with van der Waals surface area (Å²) in [7, 11) is 0. The van der Waals surface area contributed by atoms with Crippen molar-refractivity contribution in [2.75, 3.05) is 0 Å². The predicted molar refractivity (Wildman–Crippen MR) is 65.1 cm³/mol. The molecule has 2 unspecified atom stereocenters. The van der Waals surface area contributed by atoms with Gasteiger partial charge in [-0.25, -0.2) is 0 Å². The number of aliphatic hydroxyl groups excluding tert-OH is 1. The van der Waals surface area contributed by atoms with E-state index in [1.807, 2.05) is 0 Å². The van der Waals surface area contributed by atoms with Crippen LogP contribution in [0.25, 0.3) is 0 Å². The van der Waals surface area contributed by atoms with Gasteiger partial charge in [0.05, 0.1) is 17.2 Å². The van der Waals surface area contributed by atoms with Crippen LogP contribution in [-0.4, -0.2) is 23.2 Å². The number of halogens is 1. The molecule has 0 aliphatic heterocycles. The average Bonchev–Trinajstić information content (AvgIpc) is 2.68. The Labute approximate surface area is 103 Å². The number of amides is 1. The number of aliphatic hydroxyl groups is 1. The summed E-state index contributed by atoms with van der Waals surface area (Å²) >= 11 is 7.20. The number of hydrogen-bond acceptors (Lipinski definition) is 3. The van der Waals surface area contributed by atoms with E-state index in [-0.39, 0.29) is 11.9 Å². The first-order chi connectivity index (χ1) is 7.68. The Balaban J connectivity index is 1.99. The minimum atomic E-state index is -0.420. The highest BCUT2D eigenvalue weighted by atomic mass is 35.5. The molecule has 1 saturated carbocycles. The molecule has 1 heterocycles. The van der Waals surface area contributed by atoms with E-state index in [0.29, 0.717) is 9.90 Å². The van der Waals surface area contributed by atoms with Gasteiger partial charge in [0.15, 0.2) is 0 Å². The number of carbonyl (C=O) groups excluding carboxylic acids is 1. The minimum Gasteiger partial charge on any atom is -0.391 e. The molecular weight excluding hydrogens is 246 g/mol. The van der Waals surface area contributed by atoms with E-state index >= 15 is 0 Å². The molecule has 2 rings (SSSR count). The van der Waals surface area contributed by atoms with Crippen LogP contribution in [0.4, 0.5) is 0 Å². The van der Waals surface area contributed by atoms with E-state index in [9.17, 15) is 9.90 Å². The molecular formula is C11H14ClNO2S.